The van der Waals surface area contributed by atoms with E-state index in [2.05, 4.69) is 37.3 Å². The number of nitrogens with one attached hydrogen (secondary N) is 2. The lowest BCUT2D eigenvalue weighted by molar-refractivity contribution is -0.127. The summed E-state index contributed by atoms with van der Waals surface area (Å²) in [4.78, 5) is 21.6. The van der Waals surface area contributed by atoms with Crippen LogP contribution in [-0.4, -0.2) is 69.7 Å². The quantitative estimate of drug-likeness (QED) is 0.885. The maximum absolute atomic E-state index is 12.8. The third-order valence-electron chi connectivity index (χ3n) is 4.85. The summed E-state index contributed by atoms with van der Waals surface area (Å²) >= 11 is 0. The Morgan fingerprint density at radius 2 is 1.80 bits per heavy atom. The van der Waals surface area contributed by atoms with Crippen LogP contribution in [0.1, 0.15) is 19.7 Å². The zero-order valence-corrected chi connectivity index (χ0v) is 15.3. The highest BCUT2D eigenvalue weighted by Crippen LogP contribution is 2.21. The summed E-state index contributed by atoms with van der Waals surface area (Å²) < 4.78 is 0. The number of aryl methyl sites for hydroxylation is 1. The van der Waals surface area contributed by atoms with Crippen LogP contribution in [0.5, 0.6) is 0 Å². The first kappa shape index (κ1) is 17.6. The number of piperazine rings is 1. The van der Waals surface area contributed by atoms with E-state index in [1.54, 1.807) is 0 Å². The Kier molecular flexibility index (Phi) is 4.87. The number of aromatic nitrogens is 3. The molecule has 1 aliphatic heterocycles. The second-order valence-electron chi connectivity index (χ2n) is 7.13. The van der Waals surface area contributed by atoms with Crippen LogP contribution in [0.4, 0.5) is 5.69 Å². The van der Waals surface area contributed by atoms with Gasteiger partial charge in [0.25, 0.3) is 0 Å². The van der Waals surface area contributed by atoms with Crippen LogP contribution in [0.3, 0.4) is 0 Å². The number of anilines is 1. The van der Waals surface area contributed by atoms with Crippen molar-refractivity contribution in [3.63, 3.8) is 0 Å². The first-order valence-electron chi connectivity index (χ1n) is 8.61. The fourth-order valence-electron chi connectivity index (χ4n) is 2.97. The highest BCUT2D eigenvalue weighted by atomic mass is 16.2. The number of hydrogen-bond donors (Lipinski definition) is 2. The highest BCUT2D eigenvalue weighted by molar-refractivity contribution is 5.97. The van der Waals surface area contributed by atoms with Crippen LogP contribution in [0.15, 0.2) is 24.3 Å². The molecule has 3 rings (SSSR count). The minimum atomic E-state index is -0.541. The molecular formula is C18H26N6O. The van der Waals surface area contributed by atoms with Gasteiger partial charge in [0.15, 0.2) is 5.82 Å². The van der Waals surface area contributed by atoms with Crippen LogP contribution in [0.2, 0.25) is 0 Å². The van der Waals surface area contributed by atoms with Gasteiger partial charge in [0.1, 0.15) is 5.82 Å². The van der Waals surface area contributed by atoms with Gasteiger partial charge in [-0.05, 0) is 52.1 Å². The van der Waals surface area contributed by atoms with Gasteiger partial charge < -0.3 is 10.2 Å². The summed E-state index contributed by atoms with van der Waals surface area (Å²) in [6.07, 6.45) is 0. The molecule has 0 atom stereocenters. The maximum atomic E-state index is 12.8. The SMILES string of the molecule is Cc1nc(-c2ccc(NC(=O)C(C)(C)N3CCN(C)CC3)cc2)n[nH]1. The van der Waals surface area contributed by atoms with Gasteiger partial charge in [-0.25, -0.2) is 4.98 Å². The van der Waals surface area contributed by atoms with E-state index in [9.17, 15) is 4.79 Å². The third kappa shape index (κ3) is 3.88. The summed E-state index contributed by atoms with van der Waals surface area (Å²) in [7, 11) is 2.11. The number of H-pyrrole nitrogens is 1. The first-order valence-corrected chi connectivity index (χ1v) is 8.61. The van der Waals surface area contributed by atoms with Crippen molar-refractivity contribution in [2.24, 2.45) is 0 Å². The Labute approximate surface area is 148 Å². The van der Waals surface area contributed by atoms with Gasteiger partial charge >= 0.3 is 0 Å². The summed E-state index contributed by atoms with van der Waals surface area (Å²) in [5, 5.41) is 10.0. The number of carbonyl (C=O) groups excluding carboxylic acids is 1. The van der Waals surface area contributed by atoms with Gasteiger partial charge in [-0.1, -0.05) is 0 Å². The molecule has 25 heavy (non-hydrogen) atoms. The average molecular weight is 342 g/mol. The van der Waals surface area contributed by atoms with Gasteiger partial charge in [0.05, 0.1) is 5.54 Å². The van der Waals surface area contributed by atoms with Gasteiger partial charge in [0, 0.05) is 37.4 Å². The molecule has 0 spiro atoms. The standard InChI is InChI=1S/C18H26N6O/c1-13-19-16(22-21-13)14-5-7-15(8-6-14)20-17(25)18(2,3)24-11-9-23(4)10-12-24/h5-8H,9-12H2,1-4H3,(H,20,25)(H,19,21,22). The molecule has 1 saturated heterocycles. The van der Waals surface area contributed by atoms with E-state index in [1.807, 2.05) is 45.0 Å². The van der Waals surface area contributed by atoms with Crippen molar-refractivity contribution >= 4 is 11.6 Å². The number of rotatable bonds is 4. The molecule has 134 valence electrons. The Bertz CT molecular complexity index is 728. The highest BCUT2D eigenvalue weighted by Gasteiger charge is 2.35. The van der Waals surface area contributed by atoms with Crippen molar-refractivity contribution < 1.29 is 4.79 Å². The number of benzene rings is 1. The van der Waals surface area contributed by atoms with E-state index in [0.29, 0.717) is 5.82 Å². The normalized spacial score (nSPS) is 16.8. The lowest BCUT2D eigenvalue weighted by Crippen LogP contribution is -2.58. The smallest absolute Gasteiger partial charge is 0.244 e. The molecule has 1 aromatic carbocycles. The van der Waals surface area contributed by atoms with E-state index in [0.717, 1.165) is 43.3 Å². The number of aromatic amines is 1. The van der Waals surface area contributed by atoms with Gasteiger partial charge in [-0.15, -0.1) is 0 Å². The minimum Gasteiger partial charge on any atom is -0.324 e. The van der Waals surface area contributed by atoms with E-state index >= 15 is 0 Å². The Morgan fingerprint density at radius 3 is 2.36 bits per heavy atom. The number of carbonyl (C=O) groups is 1. The Balaban J connectivity index is 1.66. The minimum absolute atomic E-state index is 0.0125. The van der Waals surface area contributed by atoms with Crippen molar-refractivity contribution in [1.29, 1.82) is 0 Å². The molecule has 2 N–H and O–H groups in total. The fourth-order valence-corrected chi connectivity index (χ4v) is 2.97. The molecule has 0 bridgehead atoms. The molecule has 0 unspecified atom stereocenters. The van der Waals surface area contributed by atoms with E-state index in [1.165, 1.54) is 0 Å². The lowest BCUT2D eigenvalue weighted by atomic mass is 10.00. The van der Waals surface area contributed by atoms with Crippen molar-refractivity contribution in [3.8, 4) is 11.4 Å². The predicted molar refractivity (Wildman–Crippen MR) is 98.3 cm³/mol. The zero-order valence-electron chi connectivity index (χ0n) is 15.3. The van der Waals surface area contributed by atoms with Gasteiger partial charge in [-0.3, -0.25) is 14.8 Å². The molecular weight excluding hydrogens is 316 g/mol. The first-order chi connectivity index (χ1) is 11.9. The summed E-state index contributed by atoms with van der Waals surface area (Å²) in [5.74, 6) is 1.45. The molecule has 2 heterocycles. The predicted octanol–water partition coefficient (Wildman–Crippen LogP) is 1.74. The van der Waals surface area contributed by atoms with E-state index < -0.39 is 5.54 Å². The summed E-state index contributed by atoms with van der Waals surface area (Å²) in [5.41, 5.74) is 1.16. The topological polar surface area (TPSA) is 77.2 Å². The van der Waals surface area contributed by atoms with E-state index in [4.69, 9.17) is 0 Å². The maximum Gasteiger partial charge on any atom is 0.244 e. The Hall–Kier alpha value is -2.25. The van der Waals surface area contributed by atoms with Crippen LogP contribution in [0.25, 0.3) is 11.4 Å². The molecule has 1 fully saturated rings. The summed E-state index contributed by atoms with van der Waals surface area (Å²) in [6, 6.07) is 7.61. The number of amides is 1. The Morgan fingerprint density at radius 1 is 1.16 bits per heavy atom. The van der Waals surface area contributed by atoms with Gasteiger partial charge in [0.2, 0.25) is 5.91 Å². The number of hydrogen-bond acceptors (Lipinski definition) is 5. The molecule has 1 aliphatic rings. The van der Waals surface area contributed by atoms with Crippen molar-refractivity contribution in [2.45, 2.75) is 26.3 Å². The molecule has 0 radical (unpaired) electrons. The van der Waals surface area contributed by atoms with Crippen molar-refractivity contribution in [2.75, 3.05) is 38.5 Å². The van der Waals surface area contributed by atoms with Gasteiger partial charge in [-0.2, -0.15) is 5.10 Å². The van der Waals surface area contributed by atoms with Crippen LogP contribution < -0.4 is 5.32 Å². The van der Waals surface area contributed by atoms with Crippen LogP contribution >= 0.6 is 0 Å². The molecule has 0 saturated carbocycles. The molecule has 1 amide bonds. The summed E-state index contributed by atoms with van der Waals surface area (Å²) in [6.45, 7) is 9.62. The van der Waals surface area contributed by atoms with Crippen molar-refractivity contribution in [1.82, 2.24) is 25.0 Å². The second-order valence-corrected chi connectivity index (χ2v) is 7.13. The van der Waals surface area contributed by atoms with Crippen molar-refractivity contribution in [3.05, 3.63) is 30.1 Å². The second kappa shape index (κ2) is 6.93. The van der Waals surface area contributed by atoms with E-state index in [-0.39, 0.29) is 5.91 Å². The fraction of sp³-hybridized carbons (Fsp3) is 0.500. The average Bonchev–Trinajstić information content (AvgIpc) is 3.02. The molecule has 1 aromatic heterocycles. The third-order valence-corrected chi connectivity index (χ3v) is 4.85. The largest absolute Gasteiger partial charge is 0.324 e. The molecule has 2 aromatic rings. The van der Waals surface area contributed by atoms with Crippen LogP contribution in [-0.2, 0) is 4.79 Å². The molecule has 0 aliphatic carbocycles. The van der Waals surface area contributed by atoms with Crippen LogP contribution in [0, 0.1) is 6.92 Å². The monoisotopic (exact) mass is 342 g/mol. The number of nitrogens with zero attached hydrogens (tertiary/aromatic N) is 4. The number of likely N-dealkylation sites (N-methyl/N-ethyl adjacent to an activating group) is 1. The molecule has 7 heteroatoms. The lowest BCUT2D eigenvalue weighted by Gasteiger charge is -2.42. The zero-order chi connectivity index (χ0) is 18.0. The molecule has 7 nitrogen and oxygen atoms in total.